The molecule has 0 aliphatic rings. The van der Waals surface area contributed by atoms with Crippen molar-refractivity contribution in [2.24, 2.45) is 0 Å². The van der Waals surface area contributed by atoms with Crippen LogP contribution in [0.25, 0.3) is 0 Å². The fourth-order valence-electron chi connectivity index (χ4n) is 1.90. The quantitative estimate of drug-likeness (QED) is 0.633. The number of aromatic nitrogens is 2. The van der Waals surface area contributed by atoms with Crippen molar-refractivity contribution in [3.05, 3.63) is 18.2 Å². The molecule has 2 N–H and O–H groups in total. The number of hydrogen-bond acceptors (Lipinski definition) is 2. The van der Waals surface area contributed by atoms with E-state index in [1.54, 1.807) is 12.4 Å². The van der Waals surface area contributed by atoms with Gasteiger partial charge in [-0.3, -0.25) is 0 Å². The summed E-state index contributed by atoms with van der Waals surface area (Å²) in [6.45, 7) is 2.23. The van der Waals surface area contributed by atoms with E-state index in [0.717, 1.165) is 18.7 Å². The lowest BCUT2D eigenvalue weighted by molar-refractivity contribution is 0.158. The molecule has 0 radical (unpaired) electrons. The van der Waals surface area contributed by atoms with Crippen LogP contribution in [0, 0.1) is 0 Å². The molecular weight excluding hydrogens is 200 g/mol. The number of aliphatic hydroxyl groups excluding tert-OH is 1. The molecule has 1 unspecified atom stereocenters. The first-order valence-electron chi connectivity index (χ1n) is 6.49. The Balaban J connectivity index is 1.96. The molecular formula is C13H24N2O. The van der Waals surface area contributed by atoms with Gasteiger partial charge in [-0.2, -0.15) is 0 Å². The summed E-state index contributed by atoms with van der Waals surface area (Å²) in [5, 5.41) is 9.76. The van der Waals surface area contributed by atoms with Crippen LogP contribution in [0.1, 0.15) is 57.7 Å². The Morgan fingerprint density at radius 3 is 2.69 bits per heavy atom. The van der Waals surface area contributed by atoms with Crippen LogP contribution in [0.3, 0.4) is 0 Å². The minimum Gasteiger partial charge on any atom is -0.393 e. The summed E-state index contributed by atoms with van der Waals surface area (Å²) in [4.78, 5) is 7.12. The van der Waals surface area contributed by atoms with Gasteiger partial charge in [0.1, 0.15) is 5.82 Å². The fourth-order valence-corrected chi connectivity index (χ4v) is 1.90. The zero-order valence-electron chi connectivity index (χ0n) is 10.3. The number of nitrogens with one attached hydrogen (secondary N) is 1. The molecule has 0 bridgehead atoms. The fraction of sp³-hybridized carbons (Fsp3) is 0.769. The highest BCUT2D eigenvalue weighted by atomic mass is 16.3. The van der Waals surface area contributed by atoms with E-state index >= 15 is 0 Å². The molecule has 1 rings (SSSR count). The molecule has 1 atom stereocenters. The van der Waals surface area contributed by atoms with Crippen LogP contribution in [0.15, 0.2) is 12.4 Å². The van der Waals surface area contributed by atoms with Gasteiger partial charge in [-0.05, 0) is 6.42 Å². The van der Waals surface area contributed by atoms with Gasteiger partial charge in [-0.1, -0.05) is 45.4 Å². The molecule has 0 aromatic carbocycles. The summed E-state index contributed by atoms with van der Waals surface area (Å²) in [5.41, 5.74) is 0. The highest BCUT2D eigenvalue weighted by Crippen LogP contribution is 2.10. The van der Waals surface area contributed by atoms with Gasteiger partial charge in [0.05, 0.1) is 6.10 Å². The van der Waals surface area contributed by atoms with Crippen molar-refractivity contribution in [2.75, 3.05) is 0 Å². The van der Waals surface area contributed by atoms with E-state index in [4.69, 9.17) is 0 Å². The van der Waals surface area contributed by atoms with E-state index in [2.05, 4.69) is 16.9 Å². The van der Waals surface area contributed by atoms with E-state index in [1.807, 2.05) is 0 Å². The number of unbranched alkanes of at least 4 members (excludes halogenated alkanes) is 5. The minimum absolute atomic E-state index is 0.239. The topological polar surface area (TPSA) is 48.9 Å². The van der Waals surface area contributed by atoms with E-state index < -0.39 is 0 Å². The van der Waals surface area contributed by atoms with Gasteiger partial charge in [-0.15, -0.1) is 0 Å². The van der Waals surface area contributed by atoms with Crippen molar-refractivity contribution >= 4 is 0 Å². The van der Waals surface area contributed by atoms with Gasteiger partial charge in [-0.25, -0.2) is 4.98 Å². The Labute approximate surface area is 98.3 Å². The predicted octanol–water partition coefficient (Wildman–Crippen LogP) is 3.06. The zero-order valence-corrected chi connectivity index (χ0v) is 10.3. The number of rotatable bonds is 9. The smallest absolute Gasteiger partial charge is 0.108 e. The van der Waals surface area contributed by atoms with Crippen LogP contribution >= 0.6 is 0 Å². The standard InChI is InChI=1S/C13H24N2O/c1-2-3-4-5-6-7-8-12(16)11-13-14-9-10-15-13/h9-10,12,16H,2-8,11H2,1H3,(H,14,15). The Bertz CT molecular complexity index is 246. The lowest BCUT2D eigenvalue weighted by atomic mass is 10.1. The number of imidazole rings is 1. The molecule has 3 heteroatoms. The summed E-state index contributed by atoms with van der Waals surface area (Å²) in [6, 6.07) is 0. The van der Waals surface area contributed by atoms with E-state index in [0.29, 0.717) is 6.42 Å². The third-order valence-electron chi connectivity index (χ3n) is 2.87. The van der Waals surface area contributed by atoms with Crippen LogP contribution in [0.2, 0.25) is 0 Å². The number of H-pyrrole nitrogens is 1. The summed E-state index contributed by atoms with van der Waals surface area (Å²) in [7, 11) is 0. The second-order valence-electron chi connectivity index (χ2n) is 4.45. The second-order valence-corrected chi connectivity index (χ2v) is 4.45. The SMILES string of the molecule is CCCCCCCCC(O)Cc1ncc[nH]1. The number of aliphatic hydroxyl groups is 1. The number of hydrogen-bond donors (Lipinski definition) is 2. The average Bonchev–Trinajstić information content (AvgIpc) is 2.76. The first kappa shape index (κ1) is 13.2. The summed E-state index contributed by atoms with van der Waals surface area (Å²) in [6.07, 6.45) is 12.5. The first-order chi connectivity index (χ1) is 7.83. The third kappa shape index (κ3) is 5.91. The van der Waals surface area contributed by atoms with Crippen LogP contribution < -0.4 is 0 Å². The van der Waals surface area contributed by atoms with Crippen molar-refractivity contribution in [3.63, 3.8) is 0 Å². The molecule has 1 aromatic heterocycles. The normalized spacial score (nSPS) is 12.9. The van der Waals surface area contributed by atoms with Crippen molar-refractivity contribution in [1.29, 1.82) is 0 Å². The second kappa shape index (κ2) is 8.34. The molecule has 0 aliphatic carbocycles. The Kier molecular flexibility index (Phi) is 6.90. The highest BCUT2D eigenvalue weighted by molar-refractivity contribution is 4.88. The third-order valence-corrected chi connectivity index (χ3v) is 2.87. The van der Waals surface area contributed by atoms with Crippen LogP contribution in [-0.4, -0.2) is 21.2 Å². The van der Waals surface area contributed by atoms with Crippen LogP contribution in [0.5, 0.6) is 0 Å². The lowest BCUT2D eigenvalue weighted by Crippen LogP contribution is -2.11. The molecule has 0 amide bonds. The van der Waals surface area contributed by atoms with Crippen molar-refractivity contribution < 1.29 is 5.11 Å². The number of nitrogens with zero attached hydrogens (tertiary/aromatic N) is 1. The molecule has 1 heterocycles. The van der Waals surface area contributed by atoms with Gasteiger partial charge < -0.3 is 10.1 Å². The van der Waals surface area contributed by atoms with Gasteiger partial charge in [0, 0.05) is 18.8 Å². The van der Waals surface area contributed by atoms with Gasteiger partial charge >= 0.3 is 0 Å². The van der Waals surface area contributed by atoms with Gasteiger partial charge in [0.2, 0.25) is 0 Å². The summed E-state index contributed by atoms with van der Waals surface area (Å²) >= 11 is 0. The number of aromatic amines is 1. The Hall–Kier alpha value is -0.830. The molecule has 0 saturated carbocycles. The molecule has 16 heavy (non-hydrogen) atoms. The summed E-state index contributed by atoms with van der Waals surface area (Å²) in [5.74, 6) is 0.887. The maximum Gasteiger partial charge on any atom is 0.108 e. The maximum atomic E-state index is 9.76. The van der Waals surface area contributed by atoms with Crippen molar-refractivity contribution in [2.45, 2.75) is 64.4 Å². The van der Waals surface area contributed by atoms with Gasteiger partial charge in [0.15, 0.2) is 0 Å². The van der Waals surface area contributed by atoms with E-state index in [-0.39, 0.29) is 6.10 Å². The van der Waals surface area contributed by atoms with Crippen molar-refractivity contribution in [3.8, 4) is 0 Å². The average molecular weight is 224 g/mol. The molecule has 1 aromatic rings. The molecule has 0 aliphatic heterocycles. The first-order valence-corrected chi connectivity index (χ1v) is 6.49. The highest BCUT2D eigenvalue weighted by Gasteiger charge is 2.06. The monoisotopic (exact) mass is 224 g/mol. The lowest BCUT2D eigenvalue weighted by Gasteiger charge is -2.08. The largest absolute Gasteiger partial charge is 0.393 e. The molecule has 92 valence electrons. The Morgan fingerprint density at radius 1 is 1.25 bits per heavy atom. The predicted molar refractivity (Wildman–Crippen MR) is 66.3 cm³/mol. The van der Waals surface area contributed by atoms with Gasteiger partial charge in [0.25, 0.3) is 0 Å². The molecule has 0 saturated heterocycles. The van der Waals surface area contributed by atoms with Crippen molar-refractivity contribution in [1.82, 2.24) is 9.97 Å². The zero-order chi connectivity index (χ0) is 11.6. The van der Waals surface area contributed by atoms with E-state index in [9.17, 15) is 5.11 Å². The van der Waals surface area contributed by atoms with E-state index in [1.165, 1.54) is 32.1 Å². The minimum atomic E-state index is -0.239. The Morgan fingerprint density at radius 2 is 2.00 bits per heavy atom. The molecule has 3 nitrogen and oxygen atoms in total. The molecule has 0 fully saturated rings. The summed E-state index contributed by atoms with van der Waals surface area (Å²) < 4.78 is 0. The van der Waals surface area contributed by atoms with Crippen LogP contribution in [-0.2, 0) is 6.42 Å². The molecule has 0 spiro atoms. The maximum absolute atomic E-state index is 9.76. The van der Waals surface area contributed by atoms with Crippen LogP contribution in [0.4, 0.5) is 0 Å².